The molecule has 0 spiro atoms. The average molecular weight is 398 g/mol. The fourth-order valence-corrected chi connectivity index (χ4v) is 3.74. The molecule has 1 aromatic carbocycles. The second-order valence-corrected chi connectivity index (χ2v) is 8.30. The van der Waals surface area contributed by atoms with Crippen LogP contribution in [0.2, 0.25) is 0 Å². The van der Waals surface area contributed by atoms with E-state index in [1.165, 1.54) is 12.1 Å². The molecule has 1 aromatic heterocycles. The minimum atomic E-state index is -1.14. The zero-order valence-corrected chi connectivity index (χ0v) is 16.1. The predicted octanol–water partition coefficient (Wildman–Crippen LogP) is 4.54. The number of hydrogen-bond donors (Lipinski definition) is 0. The molecule has 2 aromatic rings. The van der Waals surface area contributed by atoms with E-state index < -0.39 is 22.3 Å². The van der Waals surface area contributed by atoms with E-state index in [-0.39, 0.29) is 11.6 Å². The van der Waals surface area contributed by atoms with Gasteiger partial charge in [0.25, 0.3) is 0 Å². The number of halogens is 3. The lowest BCUT2D eigenvalue weighted by molar-refractivity contribution is -0.148. The number of ketones is 1. The quantitative estimate of drug-likeness (QED) is 0.422. The van der Waals surface area contributed by atoms with Crippen LogP contribution in [0.5, 0.6) is 0 Å². The number of carbonyl (C=O) groups is 2. The average Bonchev–Trinajstić information content (AvgIpc) is 2.93. The van der Waals surface area contributed by atoms with Crippen molar-refractivity contribution in [2.45, 2.75) is 31.5 Å². The number of ether oxygens (including phenoxy) is 1. The molecule has 1 aliphatic carbocycles. The van der Waals surface area contributed by atoms with Crippen LogP contribution in [-0.2, 0) is 9.53 Å². The second-order valence-electron chi connectivity index (χ2n) is 6.81. The van der Waals surface area contributed by atoms with Crippen molar-refractivity contribution >= 4 is 35.0 Å². The van der Waals surface area contributed by atoms with Crippen molar-refractivity contribution in [3.63, 3.8) is 0 Å². The fourth-order valence-electron chi connectivity index (χ4n) is 3.05. The summed E-state index contributed by atoms with van der Waals surface area (Å²) in [5.74, 6) is -1.29. The van der Waals surface area contributed by atoms with Gasteiger partial charge in [-0.2, -0.15) is 0 Å². The number of aromatic nitrogens is 1. The minimum absolute atomic E-state index is 0.296. The maximum absolute atomic E-state index is 13.5. The summed E-state index contributed by atoms with van der Waals surface area (Å²) >= 11 is 11.9. The Bertz CT molecular complexity index is 906. The van der Waals surface area contributed by atoms with E-state index in [0.717, 1.165) is 5.69 Å². The van der Waals surface area contributed by atoms with Crippen LogP contribution in [0.1, 0.15) is 35.1 Å². The van der Waals surface area contributed by atoms with E-state index in [4.69, 9.17) is 27.9 Å². The molecule has 3 rings (SSSR count). The van der Waals surface area contributed by atoms with Gasteiger partial charge in [-0.05, 0) is 45.0 Å². The van der Waals surface area contributed by atoms with Gasteiger partial charge in [0, 0.05) is 29.1 Å². The number of nitrogens with zero attached hydrogens (tertiary/aromatic N) is 1. The monoisotopic (exact) mass is 397 g/mol. The molecular formula is C19H18Cl2FNO3. The normalized spacial score (nSPS) is 20.7. The van der Waals surface area contributed by atoms with Gasteiger partial charge in [-0.25, -0.2) is 4.39 Å². The lowest BCUT2D eigenvalue weighted by atomic mass is 10.1. The number of alkyl halides is 2. The Morgan fingerprint density at radius 2 is 1.92 bits per heavy atom. The van der Waals surface area contributed by atoms with Gasteiger partial charge in [0.1, 0.15) is 15.6 Å². The van der Waals surface area contributed by atoms with Crippen molar-refractivity contribution < 1.29 is 18.7 Å². The topological polar surface area (TPSA) is 48.3 Å². The third-order valence-electron chi connectivity index (χ3n) is 4.84. The molecule has 1 fully saturated rings. The van der Waals surface area contributed by atoms with Crippen LogP contribution in [0.4, 0.5) is 4.39 Å². The van der Waals surface area contributed by atoms with Gasteiger partial charge in [0.15, 0.2) is 6.61 Å². The first-order valence-corrected chi connectivity index (χ1v) is 8.85. The second kappa shape index (κ2) is 6.39. The molecule has 0 radical (unpaired) electrons. The highest BCUT2D eigenvalue weighted by atomic mass is 35.5. The Morgan fingerprint density at radius 1 is 1.27 bits per heavy atom. The van der Waals surface area contributed by atoms with Crippen LogP contribution in [0.3, 0.4) is 0 Å². The van der Waals surface area contributed by atoms with E-state index in [1.54, 1.807) is 36.6 Å². The van der Waals surface area contributed by atoms with Gasteiger partial charge in [0.05, 0.1) is 0 Å². The summed E-state index contributed by atoms with van der Waals surface area (Å²) in [6.07, 6.45) is 0.296. The standard InChI is InChI=1S/C19H18Cl2FNO3/c1-11-7-15(12(2)23(11)14-6-4-5-13(22)8-14)16(24)9-26-17(25)18(3)10-19(18,20)21/h4-8H,9-10H2,1-3H3/t18-/m1/s1. The number of benzene rings is 1. The Kier molecular flexibility index (Phi) is 4.65. The summed E-state index contributed by atoms with van der Waals surface area (Å²) in [6, 6.07) is 7.81. The van der Waals surface area contributed by atoms with E-state index in [1.807, 2.05) is 6.92 Å². The summed E-state index contributed by atoms with van der Waals surface area (Å²) in [7, 11) is 0. The Balaban J connectivity index is 1.77. The molecule has 7 heteroatoms. The summed E-state index contributed by atoms with van der Waals surface area (Å²) in [5.41, 5.74) is 1.49. The maximum Gasteiger partial charge on any atom is 0.315 e. The van der Waals surface area contributed by atoms with Gasteiger partial charge >= 0.3 is 5.97 Å². The van der Waals surface area contributed by atoms with Gasteiger partial charge in [-0.3, -0.25) is 9.59 Å². The maximum atomic E-state index is 13.5. The molecule has 26 heavy (non-hydrogen) atoms. The third kappa shape index (κ3) is 3.14. The lowest BCUT2D eigenvalue weighted by Gasteiger charge is -2.12. The number of Topliss-reactive ketones (excluding diaryl/α,β-unsaturated/α-hetero) is 1. The molecule has 4 nitrogen and oxygen atoms in total. The molecule has 1 heterocycles. The van der Waals surface area contributed by atoms with Crippen molar-refractivity contribution in [1.29, 1.82) is 0 Å². The molecule has 0 amide bonds. The molecule has 1 aliphatic rings. The number of rotatable bonds is 5. The summed E-state index contributed by atoms with van der Waals surface area (Å²) in [5, 5.41) is 0. The van der Waals surface area contributed by atoms with Gasteiger partial charge in [-0.1, -0.05) is 6.07 Å². The number of hydrogen-bond acceptors (Lipinski definition) is 3. The van der Waals surface area contributed by atoms with Crippen LogP contribution in [0.15, 0.2) is 30.3 Å². The van der Waals surface area contributed by atoms with Crippen LogP contribution >= 0.6 is 23.2 Å². The molecular weight excluding hydrogens is 380 g/mol. The number of aryl methyl sites for hydroxylation is 1. The van der Waals surface area contributed by atoms with Gasteiger partial charge in [0.2, 0.25) is 5.78 Å². The van der Waals surface area contributed by atoms with Gasteiger partial charge < -0.3 is 9.30 Å². The smallest absolute Gasteiger partial charge is 0.315 e. The molecule has 0 N–H and O–H groups in total. The van der Waals surface area contributed by atoms with Crippen LogP contribution in [0, 0.1) is 25.1 Å². The first kappa shape index (κ1) is 18.9. The molecule has 1 saturated carbocycles. The zero-order valence-electron chi connectivity index (χ0n) is 14.6. The number of carbonyl (C=O) groups excluding carboxylic acids is 2. The highest BCUT2D eigenvalue weighted by molar-refractivity contribution is 6.53. The van der Waals surface area contributed by atoms with E-state index in [9.17, 15) is 14.0 Å². The number of esters is 1. The molecule has 138 valence electrons. The summed E-state index contributed by atoms with van der Waals surface area (Å²) in [6.45, 7) is 4.79. The molecule has 0 saturated heterocycles. The molecule has 1 atom stereocenters. The SMILES string of the molecule is Cc1cc(C(=O)COC(=O)[C@@]2(C)CC2(Cl)Cl)c(C)n1-c1cccc(F)c1. The fraction of sp³-hybridized carbons (Fsp3) is 0.368. The minimum Gasteiger partial charge on any atom is -0.457 e. The highest BCUT2D eigenvalue weighted by Gasteiger charge is 2.69. The third-order valence-corrected chi connectivity index (χ3v) is 5.94. The first-order chi connectivity index (χ1) is 12.1. The van der Waals surface area contributed by atoms with Crippen molar-refractivity contribution in [2.75, 3.05) is 6.61 Å². The Labute approximate surface area is 160 Å². The lowest BCUT2D eigenvalue weighted by Crippen LogP contribution is -2.24. The Morgan fingerprint density at radius 3 is 2.50 bits per heavy atom. The van der Waals surface area contributed by atoms with E-state index in [0.29, 0.717) is 23.4 Å². The van der Waals surface area contributed by atoms with Crippen molar-refractivity contribution in [1.82, 2.24) is 4.57 Å². The van der Waals surface area contributed by atoms with Crippen molar-refractivity contribution in [3.05, 3.63) is 53.1 Å². The van der Waals surface area contributed by atoms with Crippen LogP contribution in [0.25, 0.3) is 5.69 Å². The van der Waals surface area contributed by atoms with E-state index >= 15 is 0 Å². The molecule has 0 aliphatic heterocycles. The van der Waals surface area contributed by atoms with Crippen molar-refractivity contribution in [3.8, 4) is 5.69 Å². The molecule has 0 bridgehead atoms. The van der Waals surface area contributed by atoms with Gasteiger partial charge in [-0.15, -0.1) is 23.2 Å². The summed E-state index contributed by atoms with van der Waals surface area (Å²) in [4.78, 5) is 24.6. The largest absolute Gasteiger partial charge is 0.457 e. The predicted molar refractivity (Wildman–Crippen MR) is 97.7 cm³/mol. The Hall–Kier alpha value is -1.85. The summed E-state index contributed by atoms with van der Waals surface area (Å²) < 4.78 is 19.3. The highest BCUT2D eigenvalue weighted by Crippen LogP contribution is 2.64. The van der Waals surface area contributed by atoms with Crippen LogP contribution < -0.4 is 0 Å². The zero-order chi connectivity index (χ0) is 19.3. The van der Waals surface area contributed by atoms with E-state index in [2.05, 4.69) is 0 Å². The van der Waals surface area contributed by atoms with Crippen LogP contribution in [-0.4, -0.2) is 27.3 Å². The molecule has 0 unspecified atom stereocenters. The van der Waals surface area contributed by atoms with Crippen molar-refractivity contribution in [2.24, 2.45) is 5.41 Å². The first-order valence-electron chi connectivity index (χ1n) is 8.10.